The molecule has 0 aromatic heterocycles. The highest BCUT2D eigenvalue weighted by Crippen LogP contribution is 2.24. The molecule has 19 heavy (non-hydrogen) atoms. The van der Waals surface area contributed by atoms with Crippen LogP contribution < -0.4 is 4.72 Å². The molecule has 0 heterocycles. The molecule has 1 aromatic carbocycles. The van der Waals surface area contributed by atoms with Crippen LogP contribution in [-0.4, -0.2) is 31.6 Å². The van der Waals surface area contributed by atoms with Crippen molar-refractivity contribution in [2.45, 2.75) is 17.7 Å². The van der Waals surface area contributed by atoms with Gasteiger partial charge in [0.2, 0.25) is 10.0 Å². The van der Waals surface area contributed by atoms with E-state index in [1.54, 1.807) is 0 Å². The molecule has 1 rings (SSSR count). The van der Waals surface area contributed by atoms with Crippen molar-refractivity contribution in [2.75, 3.05) is 13.2 Å². The zero-order valence-corrected chi connectivity index (χ0v) is 10.7. The Bertz CT molecular complexity index is 561. The Hall–Kier alpha value is -1.58. The molecule has 9 heteroatoms. The number of nitro groups is 1. The van der Waals surface area contributed by atoms with Crippen LogP contribution in [0, 0.1) is 15.9 Å². The van der Waals surface area contributed by atoms with Crippen LogP contribution in [0.5, 0.6) is 0 Å². The van der Waals surface area contributed by atoms with E-state index in [9.17, 15) is 22.9 Å². The summed E-state index contributed by atoms with van der Waals surface area (Å²) in [5.74, 6) is -0.883. The van der Waals surface area contributed by atoms with Crippen molar-refractivity contribution in [2.24, 2.45) is 0 Å². The van der Waals surface area contributed by atoms with Gasteiger partial charge in [0.15, 0.2) is 4.90 Å². The highest BCUT2D eigenvalue weighted by molar-refractivity contribution is 7.89. The normalized spacial score (nSPS) is 11.5. The summed E-state index contributed by atoms with van der Waals surface area (Å²) >= 11 is 0. The van der Waals surface area contributed by atoms with Gasteiger partial charge in [0.1, 0.15) is 5.82 Å². The number of hydrogen-bond acceptors (Lipinski definition) is 5. The minimum Gasteiger partial charge on any atom is -0.396 e. The molecule has 0 aliphatic heterocycles. The average Bonchev–Trinajstić information content (AvgIpc) is 2.34. The summed E-state index contributed by atoms with van der Waals surface area (Å²) in [6.07, 6.45) is 0.804. The van der Waals surface area contributed by atoms with Crippen LogP contribution in [0.15, 0.2) is 23.1 Å². The van der Waals surface area contributed by atoms with Gasteiger partial charge < -0.3 is 5.11 Å². The third-order valence-corrected chi connectivity index (χ3v) is 3.79. The van der Waals surface area contributed by atoms with Crippen LogP contribution in [0.25, 0.3) is 0 Å². The summed E-state index contributed by atoms with van der Waals surface area (Å²) in [4.78, 5) is 9.18. The van der Waals surface area contributed by atoms with E-state index in [0.29, 0.717) is 18.9 Å². The van der Waals surface area contributed by atoms with Gasteiger partial charge in [0.05, 0.1) is 11.0 Å². The van der Waals surface area contributed by atoms with Crippen LogP contribution >= 0.6 is 0 Å². The van der Waals surface area contributed by atoms with Gasteiger partial charge in [-0.2, -0.15) is 0 Å². The van der Waals surface area contributed by atoms with Crippen molar-refractivity contribution in [1.29, 1.82) is 0 Å². The Morgan fingerprint density at radius 2 is 2.05 bits per heavy atom. The Kier molecular flexibility index (Phi) is 5.33. The van der Waals surface area contributed by atoms with E-state index in [4.69, 9.17) is 5.11 Å². The standard InChI is InChI=1S/C10H13FN2O5S/c11-8-3-4-10(9(7-8)13(15)16)19(17,18)12-5-1-2-6-14/h3-4,7,12,14H,1-2,5-6H2. The number of aliphatic hydroxyl groups excluding tert-OH is 1. The minimum absolute atomic E-state index is 0.0391. The summed E-state index contributed by atoms with van der Waals surface area (Å²) in [5.41, 5.74) is -0.811. The second kappa shape index (κ2) is 6.55. The Labute approximate surface area is 109 Å². The molecule has 7 nitrogen and oxygen atoms in total. The van der Waals surface area contributed by atoms with Crippen LogP contribution in [0.1, 0.15) is 12.8 Å². The van der Waals surface area contributed by atoms with Gasteiger partial charge in [0.25, 0.3) is 5.69 Å². The monoisotopic (exact) mass is 292 g/mol. The predicted octanol–water partition coefficient (Wildman–Crippen LogP) is 0.785. The number of halogens is 1. The zero-order chi connectivity index (χ0) is 14.5. The highest BCUT2D eigenvalue weighted by atomic mass is 32.2. The lowest BCUT2D eigenvalue weighted by atomic mass is 10.3. The van der Waals surface area contributed by atoms with Gasteiger partial charge in [-0.3, -0.25) is 10.1 Å². The lowest BCUT2D eigenvalue weighted by Gasteiger charge is -2.06. The second-order valence-corrected chi connectivity index (χ2v) is 5.43. The fraction of sp³-hybridized carbons (Fsp3) is 0.400. The van der Waals surface area contributed by atoms with E-state index in [2.05, 4.69) is 4.72 Å². The van der Waals surface area contributed by atoms with Crippen LogP contribution in [0.2, 0.25) is 0 Å². The number of nitrogens with zero attached hydrogens (tertiary/aromatic N) is 1. The average molecular weight is 292 g/mol. The van der Waals surface area contributed by atoms with Crippen molar-refractivity contribution in [3.63, 3.8) is 0 Å². The summed E-state index contributed by atoms with van der Waals surface area (Å²) in [7, 11) is -4.07. The fourth-order valence-electron chi connectivity index (χ4n) is 1.38. The van der Waals surface area contributed by atoms with Gasteiger partial charge >= 0.3 is 0 Å². The Morgan fingerprint density at radius 3 is 2.63 bits per heavy atom. The van der Waals surface area contributed by atoms with E-state index < -0.39 is 31.3 Å². The smallest absolute Gasteiger partial charge is 0.292 e. The molecule has 0 saturated carbocycles. The number of aliphatic hydroxyl groups is 1. The maximum absolute atomic E-state index is 12.9. The lowest BCUT2D eigenvalue weighted by molar-refractivity contribution is -0.388. The van der Waals surface area contributed by atoms with Gasteiger partial charge in [-0.25, -0.2) is 17.5 Å². The first-order valence-corrected chi connectivity index (χ1v) is 6.91. The maximum Gasteiger partial charge on any atom is 0.292 e. The first-order valence-electron chi connectivity index (χ1n) is 5.43. The zero-order valence-electron chi connectivity index (χ0n) is 9.87. The molecular formula is C10H13FN2O5S. The number of sulfonamides is 1. The van der Waals surface area contributed by atoms with E-state index in [0.717, 1.165) is 12.1 Å². The molecule has 0 spiro atoms. The van der Waals surface area contributed by atoms with Gasteiger partial charge in [-0.05, 0) is 25.0 Å². The fourth-order valence-corrected chi connectivity index (χ4v) is 2.61. The molecule has 0 radical (unpaired) electrons. The Morgan fingerprint density at radius 1 is 1.37 bits per heavy atom. The lowest BCUT2D eigenvalue weighted by Crippen LogP contribution is -2.25. The summed E-state index contributed by atoms with van der Waals surface area (Å²) < 4.78 is 38.7. The first-order chi connectivity index (χ1) is 8.88. The van der Waals surface area contributed by atoms with Crippen LogP contribution in [0.3, 0.4) is 0 Å². The maximum atomic E-state index is 12.9. The van der Waals surface area contributed by atoms with E-state index in [1.807, 2.05) is 0 Å². The van der Waals surface area contributed by atoms with E-state index >= 15 is 0 Å². The molecule has 0 aliphatic carbocycles. The molecule has 0 fully saturated rings. The van der Waals surface area contributed by atoms with Crippen molar-refractivity contribution >= 4 is 15.7 Å². The number of hydrogen-bond donors (Lipinski definition) is 2. The third kappa shape index (κ3) is 4.23. The predicted molar refractivity (Wildman–Crippen MR) is 64.6 cm³/mol. The van der Waals surface area contributed by atoms with Gasteiger partial charge in [-0.1, -0.05) is 0 Å². The quantitative estimate of drug-likeness (QED) is 0.438. The molecule has 0 bridgehead atoms. The van der Waals surface area contributed by atoms with E-state index in [-0.39, 0.29) is 13.2 Å². The second-order valence-electron chi connectivity index (χ2n) is 3.70. The molecule has 0 unspecified atom stereocenters. The molecule has 0 saturated heterocycles. The molecule has 2 N–H and O–H groups in total. The minimum atomic E-state index is -4.07. The SMILES string of the molecule is O=[N+]([O-])c1cc(F)ccc1S(=O)(=O)NCCCCO. The van der Waals surface area contributed by atoms with Gasteiger partial charge in [-0.15, -0.1) is 0 Å². The highest BCUT2D eigenvalue weighted by Gasteiger charge is 2.25. The molecule has 0 atom stereocenters. The largest absolute Gasteiger partial charge is 0.396 e. The van der Waals surface area contributed by atoms with Crippen LogP contribution in [0.4, 0.5) is 10.1 Å². The summed E-state index contributed by atoms with van der Waals surface area (Å²) in [5, 5.41) is 19.3. The van der Waals surface area contributed by atoms with Crippen molar-refractivity contribution in [3.8, 4) is 0 Å². The number of nitrogens with one attached hydrogen (secondary N) is 1. The van der Waals surface area contributed by atoms with E-state index in [1.165, 1.54) is 0 Å². The van der Waals surface area contributed by atoms with Crippen molar-refractivity contribution in [1.82, 2.24) is 4.72 Å². The van der Waals surface area contributed by atoms with Gasteiger partial charge in [0, 0.05) is 13.2 Å². The number of benzene rings is 1. The third-order valence-electron chi connectivity index (χ3n) is 2.28. The molecule has 0 amide bonds. The molecular weight excluding hydrogens is 279 g/mol. The molecule has 0 aliphatic rings. The summed E-state index contributed by atoms with van der Waals surface area (Å²) in [6, 6.07) is 2.25. The van der Waals surface area contributed by atoms with Crippen molar-refractivity contribution in [3.05, 3.63) is 34.1 Å². The van der Waals surface area contributed by atoms with Crippen molar-refractivity contribution < 1.29 is 22.8 Å². The number of unbranched alkanes of at least 4 members (excludes halogenated alkanes) is 1. The topological polar surface area (TPSA) is 110 Å². The molecule has 106 valence electrons. The Balaban J connectivity index is 2.98. The van der Waals surface area contributed by atoms with Crippen LogP contribution in [-0.2, 0) is 10.0 Å². The number of rotatable bonds is 7. The number of nitro benzene ring substituents is 1. The first kappa shape index (κ1) is 15.5. The summed E-state index contributed by atoms with van der Waals surface area (Å²) in [6.45, 7) is -0.0319. The molecule has 1 aromatic rings.